The van der Waals surface area contributed by atoms with Crippen LogP contribution in [0.25, 0.3) is 6.08 Å². The van der Waals surface area contributed by atoms with Crippen molar-refractivity contribution in [2.45, 2.75) is 43.3 Å². The monoisotopic (exact) mass is 665 g/mol. The van der Waals surface area contributed by atoms with Gasteiger partial charge in [0.25, 0.3) is 11.8 Å². The van der Waals surface area contributed by atoms with Crippen molar-refractivity contribution in [1.82, 2.24) is 5.32 Å². The second-order valence-electron chi connectivity index (χ2n) is 10.7. The van der Waals surface area contributed by atoms with Gasteiger partial charge in [-0.1, -0.05) is 62.7 Å². The van der Waals surface area contributed by atoms with E-state index >= 15 is 0 Å². The molecule has 48 heavy (non-hydrogen) atoms. The van der Waals surface area contributed by atoms with E-state index in [1.807, 2.05) is 32.0 Å². The van der Waals surface area contributed by atoms with Gasteiger partial charge in [0.15, 0.2) is 0 Å². The molecular weight excluding hydrogens is 627 g/mol. The van der Waals surface area contributed by atoms with Gasteiger partial charge in [0.2, 0.25) is 5.91 Å². The predicted molar refractivity (Wildman–Crippen MR) is 190 cm³/mol. The van der Waals surface area contributed by atoms with Crippen molar-refractivity contribution in [3.8, 4) is 5.75 Å². The number of para-hydroxylation sites is 1. The maximum Gasteiger partial charge on any atom is 0.338 e. The van der Waals surface area contributed by atoms with E-state index in [1.165, 1.54) is 18.9 Å². The standard InChI is InChI=1S/C38H39N3O6S/c1-4-6-23-47-38(45)27-19-21-29(22-20-27)39-37(44)34(5-2)48-31-17-12-16-30(25-31)40-36(43)32(24-28-15-10-11-18-33(28)46-3)41-35(42)26-13-8-7-9-14-26/h7-22,24-25,34H,4-6,23H2,1-3H3,(H,39,44)(H,40,43)(H,41,42)/b32-24+. The van der Waals surface area contributed by atoms with Crippen LogP contribution >= 0.6 is 11.8 Å². The number of hydrogen-bond acceptors (Lipinski definition) is 7. The van der Waals surface area contributed by atoms with Gasteiger partial charge in [0, 0.05) is 27.4 Å². The fourth-order valence-corrected chi connectivity index (χ4v) is 5.53. The van der Waals surface area contributed by atoms with E-state index in [0.29, 0.717) is 46.8 Å². The van der Waals surface area contributed by atoms with Gasteiger partial charge in [-0.15, -0.1) is 11.8 Å². The molecule has 0 aliphatic carbocycles. The summed E-state index contributed by atoms with van der Waals surface area (Å²) >= 11 is 1.36. The van der Waals surface area contributed by atoms with Crippen molar-refractivity contribution in [2.24, 2.45) is 0 Å². The Labute approximate surface area is 285 Å². The van der Waals surface area contributed by atoms with Gasteiger partial charge in [-0.05, 0) is 79.6 Å². The number of nitrogens with one attached hydrogen (secondary N) is 3. The molecule has 3 N–H and O–H groups in total. The lowest BCUT2D eigenvalue weighted by Gasteiger charge is -2.16. The number of benzene rings is 4. The lowest BCUT2D eigenvalue weighted by molar-refractivity contribution is -0.116. The molecule has 4 aromatic rings. The Morgan fingerprint density at radius 3 is 2.23 bits per heavy atom. The predicted octanol–water partition coefficient (Wildman–Crippen LogP) is 7.57. The molecule has 1 unspecified atom stereocenters. The van der Waals surface area contributed by atoms with Gasteiger partial charge >= 0.3 is 5.97 Å². The smallest absolute Gasteiger partial charge is 0.338 e. The fourth-order valence-electron chi connectivity index (χ4n) is 4.52. The van der Waals surface area contributed by atoms with Crippen LogP contribution in [0.3, 0.4) is 0 Å². The average Bonchev–Trinajstić information content (AvgIpc) is 3.11. The zero-order valence-electron chi connectivity index (χ0n) is 27.2. The second-order valence-corrected chi connectivity index (χ2v) is 11.9. The summed E-state index contributed by atoms with van der Waals surface area (Å²) in [5.41, 5.74) is 2.52. The molecule has 0 saturated carbocycles. The molecular formula is C38H39N3O6S. The van der Waals surface area contributed by atoms with Crippen LogP contribution in [0.2, 0.25) is 0 Å². The van der Waals surface area contributed by atoms with E-state index < -0.39 is 23.0 Å². The number of unbranched alkanes of at least 4 members (excludes halogenated alkanes) is 1. The van der Waals surface area contributed by atoms with Crippen LogP contribution in [-0.2, 0) is 14.3 Å². The molecule has 0 aliphatic heterocycles. The number of amides is 3. The van der Waals surface area contributed by atoms with Crippen LogP contribution in [0.15, 0.2) is 114 Å². The van der Waals surface area contributed by atoms with Crippen molar-refractivity contribution in [2.75, 3.05) is 24.4 Å². The first-order chi connectivity index (χ1) is 23.3. The van der Waals surface area contributed by atoms with E-state index in [9.17, 15) is 19.2 Å². The van der Waals surface area contributed by atoms with Crippen molar-refractivity contribution in [3.63, 3.8) is 0 Å². The normalized spacial score (nSPS) is 11.6. The third-order valence-corrected chi connectivity index (χ3v) is 8.48. The molecule has 0 aromatic heterocycles. The summed E-state index contributed by atoms with van der Waals surface area (Å²) in [5, 5.41) is 8.10. The molecule has 0 bridgehead atoms. The Bertz CT molecular complexity index is 1740. The molecule has 0 heterocycles. The minimum Gasteiger partial charge on any atom is -0.496 e. The van der Waals surface area contributed by atoms with Crippen molar-refractivity contribution >= 4 is 52.9 Å². The summed E-state index contributed by atoms with van der Waals surface area (Å²) in [5.74, 6) is -1.01. The van der Waals surface area contributed by atoms with Crippen LogP contribution in [0.5, 0.6) is 5.75 Å². The molecule has 4 aromatic carbocycles. The van der Waals surface area contributed by atoms with Crippen molar-refractivity contribution < 1.29 is 28.7 Å². The number of carbonyl (C=O) groups is 4. The Balaban J connectivity index is 1.45. The average molecular weight is 666 g/mol. The minimum absolute atomic E-state index is 0.0254. The highest BCUT2D eigenvalue weighted by Gasteiger charge is 2.20. The number of ether oxygens (including phenoxy) is 2. The van der Waals surface area contributed by atoms with E-state index in [0.717, 1.165) is 17.7 Å². The van der Waals surface area contributed by atoms with E-state index in [-0.39, 0.29) is 11.6 Å². The summed E-state index contributed by atoms with van der Waals surface area (Å²) < 4.78 is 10.7. The molecule has 9 nitrogen and oxygen atoms in total. The SMILES string of the molecule is CCCCOC(=O)c1ccc(NC(=O)C(CC)Sc2cccc(NC(=O)/C(=C\c3ccccc3OC)NC(=O)c3ccccc3)c2)cc1. The molecule has 10 heteroatoms. The highest BCUT2D eigenvalue weighted by Crippen LogP contribution is 2.29. The molecule has 1 atom stereocenters. The lowest BCUT2D eigenvalue weighted by atomic mass is 10.1. The van der Waals surface area contributed by atoms with Crippen molar-refractivity contribution in [3.05, 3.63) is 126 Å². The first-order valence-electron chi connectivity index (χ1n) is 15.7. The first-order valence-corrected chi connectivity index (χ1v) is 16.6. The number of esters is 1. The Hall–Kier alpha value is -5.35. The molecule has 0 aliphatic rings. The number of rotatable bonds is 15. The van der Waals surface area contributed by atoms with Crippen LogP contribution in [0, 0.1) is 0 Å². The van der Waals surface area contributed by atoms with E-state index in [1.54, 1.807) is 91.0 Å². The van der Waals surface area contributed by atoms with Gasteiger partial charge in [-0.3, -0.25) is 14.4 Å². The number of methoxy groups -OCH3 is 1. The number of thioether (sulfide) groups is 1. The molecule has 248 valence electrons. The van der Waals surface area contributed by atoms with Gasteiger partial charge in [-0.2, -0.15) is 0 Å². The molecule has 0 saturated heterocycles. The van der Waals surface area contributed by atoms with Crippen LogP contribution < -0.4 is 20.7 Å². The minimum atomic E-state index is -0.533. The molecule has 0 spiro atoms. The maximum absolute atomic E-state index is 13.6. The molecule has 4 rings (SSSR count). The molecule has 0 fully saturated rings. The van der Waals surface area contributed by atoms with Crippen LogP contribution in [0.4, 0.5) is 11.4 Å². The number of hydrogen-bond donors (Lipinski definition) is 3. The lowest BCUT2D eigenvalue weighted by Crippen LogP contribution is -2.30. The van der Waals surface area contributed by atoms with Crippen LogP contribution in [-0.4, -0.2) is 42.7 Å². The Morgan fingerprint density at radius 2 is 1.52 bits per heavy atom. The van der Waals surface area contributed by atoms with E-state index in [2.05, 4.69) is 16.0 Å². The molecule has 3 amide bonds. The number of anilines is 2. The Kier molecular flexibility index (Phi) is 13.4. The summed E-state index contributed by atoms with van der Waals surface area (Å²) in [7, 11) is 1.53. The third-order valence-electron chi connectivity index (χ3n) is 7.12. The van der Waals surface area contributed by atoms with Crippen molar-refractivity contribution in [1.29, 1.82) is 0 Å². The van der Waals surface area contributed by atoms with Gasteiger partial charge in [0.05, 0.1) is 24.5 Å². The van der Waals surface area contributed by atoms with Gasteiger partial charge in [-0.25, -0.2) is 4.79 Å². The maximum atomic E-state index is 13.6. The van der Waals surface area contributed by atoms with Gasteiger partial charge < -0.3 is 25.4 Å². The quantitative estimate of drug-likeness (QED) is 0.0518. The second kappa shape index (κ2) is 18.1. The zero-order valence-corrected chi connectivity index (χ0v) is 28.0. The number of carbonyl (C=O) groups excluding carboxylic acids is 4. The summed E-state index contributed by atoms with van der Waals surface area (Å²) in [6.07, 6.45) is 3.85. The summed E-state index contributed by atoms with van der Waals surface area (Å²) in [4.78, 5) is 52.8. The topological polar surface area (TPSA) is 123 Å². The Morgan fingerprint density at radius 1 is 0.792 bits per heavy atom. The summed E-state index contributed by atoms with van der Waals surface area (Å²) in [6, 6.07) is 29.6. The highest BCUT2D eigenvalue weighted by molar-refractivity contribution is 8.00. The fraction of sp³-hybridized carbons (Fsp3) is 0.211. The highest BCUT2D eigenvalue weighted by atomic mass is 32.2. The van der Waals surface area contributed by atoms with Crippen LogP contribution in [0.1, 0.15) is 59.4 Å². The first kappa shape index (κ1) is 35.5. The largest absolute Gasteiger partial charge is 0.496 e. The zero-order chi connectivity index (χ0) is 34.3. The summed E-state index contributed by atoms with van der Waals surface area (Å²) in [6.45, 7) is 4.32. The third kappa shape index (κ3) is 10.3. The van der Waals surface area contributed by atoms with Gasteiger partial charge in [0.1, 0.15) is 11.4 Å². The van der Waals surface area contributed by atoms with E-state index in [4.69, 9.17) is 9.47 Å². The molecule has 0 radical (unpaired) electrons.